The Kier molecular flexibility index (Phi) is 3.71. The van der Waals surface area contributed by atoms with Crippen LogP contribution in [0.5, 0.6) is 0 Å². The average Bonchev–Trinajstić information content (AvgIpc) is 2.71. The molecule has 1 atom stereocenters. The molecule has 1 N–H and O–H groups in total. The quantitative estimate of drug-likeness (QED) is 0.851. The highest BCUT2D eigenvalue weighted by Gasteiger charge is 2.26. The van der Waals surface area contributed by atoms with Crippen LogP contribution in [0.15, 0.2) is 6.07 Å². The molecule has 0 radical (unpaired) electrons. The third-order valence-corrected chi connectivity index (χ3v) is 3.49. The molecular weight excluding hydrogens is 228 g/mol. The van der Waals surface area contributed by atoms with E-state index in [2.05, 4.69) is 31.2 Å². The van der Waals surface area contributed by atoms with Gasteiger partial charge in [0.1, 0.15) is 0 Å². The van der Waals surface area contributed by atoms with E-state index in [1.807, 2.05) is 22.7 Å². The number of carbonyl (C=O) groups excluding carboxylic acids is 1. The predicted octanol–water partition coefficient (Wildman–Crippen LogP) is 0.977. The number of amides is 1. The van der Waals surface area contributed by atoms with Crippen molar-refractivity contribution in [3.8, 4) is 0 Å². The maximum Gasteiger partial charge on any atom is 0.274 e. The lowest BCUT2D eigenvalue weighted by Crippen LogP contribution is -2.52. The van der Waals surface area contributed by atoms with Gasteiger partial charge in [0.15, 0.2) is 5.69 Å². The van der Waals surface area contributed by atoms with Gasteiger partial charge in [-0.2, -0.15) is 5.10 Å². The standard InChI is InChI=1S/C13H22N4O/c1-9(2)12-7-11(15-16(12)4)13(18)17-6-5-14-8-10(17)3/h7,9-10,14H,5-6,8H2,1-4H3/t10-/m0/s1. The molecule has 2 heterocycles. The number of rotatable bonds is 2. The van der Waals surface area contributed by atoms with Gasteiger partial charge in [-0.15, -0.1) is 0 Å². The van der Waals surface area contributed by atoms with Crippen LogP contribution in [0.1, 0.15) is 42.9 Å². The zero-order valence-corrected chi connectivity index (χ0v) is 11.6. The van der Waals surface area contributed by atoms with E-state index in [9.17, 15) is 4.79 Å². The highest BCUT2D eigenvalue weighted by molar-refractivity contribution is 5.92. The molecule has 0 aliphatic carbocycles. The lowest BCUT2D eigenvalue weighted by molar-refractivity contribution is 0.0649. The van der Waals surface area contributed by atoms with Crippen LogP contribution in [0.25, 0.3) is 0 Å². The molecule has 0 spiro atoms. The van der Waals surface area contributed by atoms with Crippen molar-refractivity contribution >= 4 is 5.91 Å². The molecule has 1 saturated heterocycles. The van der Waals surface area contributed by atoms with Gasteiger partial charge in [0.25, 0.3) is 5.91 Å². The second kappa shape index (κ2) is 5.10. The first-order valence-electron chi connectivity index (χ1n) is 6.56. The Hall–Kier alpha value is -1.36. The predicted molar refractivity (Wildman–Crippen MR) is 70.7 cm³/mol. The first-order chi connectivity index (χ1) is 8.50. The maximum absolute atomic E-state index is 12.4. The summed E-state index contributed by atoms with van der Waals surface area (Å²) in [6, 6.07) is 2.15. The van der Waals surface area contributed by atoms with Crippen molar-refractivity contribution in [3.63, 3.8) is 0 Å². The molecule has 0 aromatic carbocycles. The van der Waals surface area contributed by atoms with E-state index in [1.165, 1.54) is 0 Å². The Labute approximate surface area is 108 Å². The van der Waals surface area contributed by atoms with Crippen molar-refractivity contribution in [3.05, 3.63) is 17.5 Å². The second-order valence-electron chi connectivity index (χ2n) is 5.28. The van der Waals surface area contributed by atoms with E-state index in [4.69, 9.17) is 0 Å². The SMILES string of the molecule is CC(C)c1cc(C(=O)N2CCNC[C@@H]2C)nn1C. The Bertz CT molecular complexity index is 438. The van der Waals surface area contributed by atoms with Gasteiger partial charge in [0.05, 0.1) is 0 Å². The van der Waals surface area contributed by atoms with Gasteiger partial charge in [-0.1, -0.05) is 13.8 Å². The molecule has 1 amide bonds. The topological polar surface area (TPSA) is 50.2 Å². The lowest BCUT2D eigenvalue weighted by atomic mass is 10.1. The molecule has 5 nitrogen and oxygen atoms in total. The van der Waals surface area contributed by atoms with Gasteiger partial charge in [-0.25, -0.2) is 0 Å². The number of aromatic nitrogens is 2. The van der Waals surface area contributed by atoms with Crippen molar-refractivity contribution in [1.82, 2.24) is 20.0 Å². The number of hydrogen-bond acceptors (Lipinski definition) is 3. The molecule has 2 rings (SSSR count). The summed E-state index contributed by atoms with van der Waals surface area (Å²) in [5.74, 6) is 0.427. The monoisotopic (exact) mass is 250 g/mol. The number of carbonyl (C=O) groups is 1. The van der Waals surface area contributed by atoms with Crippen molar-refractivity contribution in [2.45, 2.75) is 32.7 Å². The number of nitrogens with zero attached hydrogens (tertiary/aromatic N) is 3. The third kappa shape index (κ3) is 2.41. The summed E-state index contributed by atoms with van der Waals surface area (Å²) in [7, 11) is 1.90. The maximum atomic E-state index is 12.4. The van der Waals surface area contributed by atoms with E-state index in [0.717, 1.165) is 25.3 Å². The Morgan fingerprint density at radius 3 is 2.83 bits per heavy atom. The summed E-state index contributed by atoms with van der Waals surface area (Å²) >= 11 is 0. The van der Waals surface area contributed by atoms with E-state index in [-0.39, 0.29) is 11.9 Å². The fourth-order valence-corrected chi connectivity index (χ4v) is 2.42. The van der Waals surface area contributed by atoms with Crippen LogP contribution in [0.3, 0.4) is 0 Å². The molecule has 1 fully saturated rings. The van der Waals surface area contributed by atoms with Crippen LogP contribution >= 0.6 is 0 Å². The minimum Gasteiger partial charge on any atom is -0.332 e. The number of aryl methyl sites for hydroxylation is 1. The fourth-order valence-electron chi connectivity index (χ4n) is 2.42. The fraction of sp³-hybridized carbons (Fsp3) is 0.692. The van der Waals surface area contributed by atoms with Crippen molar-refractivity contribution in [1.29, 1.82) is 0 Å². The molecule has 0 bridgehead atoms. The van der Waals surface area contributed by atoms with Crippen molar-refractivity contribution in [2.24, 2.45) is 7.05 Å². The summed E-state index contributed by atoms with van der Waals surface area (Å²) in [4.78, 5) is 14.3. The van der Waals surface area contributed by atoms with E-state index >= 15 is 0 Å². The van der Waals surface area contributed by atoms with Crippen LogP contribution in [0.4, 0.5) is 0 Å². The minimum atomic E-state index is 0.0477. The van der Waals surface area contributed by atoms with Crippen LogP contribution in [-0.2, 0) is 7.05 Å². The molecule has 0 unspecified atom stereocenters. The minimum absolute atomic E-state index is 0.0477. The normalized spacial score (nSPS) is 20.5. The van der Waals surface area contributed by atoms with Crippen LogP contribution < -0.4 is 5.32 Å². The molecule has 1 aromatic rings. The first kappa shape index (κ1) is 13.1. The number of nitrogens with one attached hydrogen (secondary N) is 1. The zero-order valence-electron chi connectivity index (χ0n) is 11.6. The molecule has 100 valence electrons. The van der Waals surface area contributed by atoms with E-state index in [1.54, 1.807) is 0 Å². The highest BCUT2D eigenvalue weighted by atomic mass is 16.2. The van der Waals surface area contributed by atoms with Gasteiger partial charge in [0.2, 0.25) is 0 Å². The lowest BCUT2D eigenvalue weighted by Gasteiger charge is -2.33. The van der Waals surface area contributed by atoms with Crippen molar-refractivity contribution in [2.75, 3.05) is 19.6 Å². The molecule has 18 heavy (non-hydrogen) atoms. The van der Waals surface area contributed by atoms with Gasteiger partial charge in [-0.05, 0) is 18.9 Å². The Balaban J connectivity index is 2.20. The van der Waals surface area contributed by atoms with Gasteiger partial charge >= 0.3 is 0 Å². The average molecular weight is 250 g/mol. The van der Waals surface area contributed by atoms with E-state index in [0.29, 0.717) is 11.6 Å². The number of piperazine rings is 1. The van der Waals surface area contributed by atoms with Gasteiger partial charge in [0, 0.05) is 38.4 Å². The van der Waals surface area contributed by atoms with Crippen LogP contribution in [-0.4, -0.2) is 46.3 Å². The summed E-state index contributed by atoms with van der Waals surface area (Å²) < 4.78 is 1.81. The molecule has 5 heteroatoms. The van der Waals surface area contributed by atoms with Gasteiger partial charge < -0.3 is 10.2 Å². The summed E-state index contributed by atoms with van der Waals surface area (Å²) in [6.45, 7) is 8.76. The molecular formula is C13H22N4O. The molecule has 0 saturated carbocycles. The number of hydrogen-bond donors (Lipinski definition) is 1. The van der Waals surface area contributed by atoms with Gasteiger partial charge in [-0.3, -0.25) is 9.48 Å². The first-order valence-corrected chi connectivity index (χ1v) is 6.56. The largest absolute Gasteiger partial charge is 0.332 e. The highest BCUT2D eigenvalue weighted by Crippen LogP contribution is 2.17. The van der Waals surface area contributed by atoms with Crippen LogP contribution in [0, 0.1) is 0 Å². The molecule has 1 aromatic heterocycles. The van der Waals surface area contributed by atoms with Crippen LogP contribution in [0.2, 0.25) is 0 Å². The van der Waals surface area contributed by atoms with Crippen molar-refractivity contribution < 1.29 is 4.79 Å². The summed E-state index contributed by atoms with van der Waals surface area (Å²) in [5, 5.41) is 7.63. The Morgan fingerprint density at radius 2 is 2.28 bits per heavy atom. The molecule has 1 aliphatic heterocycles. The third-order valence-electron chi connectivity index (χ3n) is 3.49. The zero-order chi connectivity index (χ0) is 13.3. The smallest absolute Gasteiger partial charge is 0.274 e. The summed E-state index contributed by atoms with van der Waals surface area (Å²) in [5.41, 5.74) is 1.66. The second-order valence-corrected chi connectivity index (χ2v) is 5.28. The van der Waals surface area contributed by atoms with E-state index < -0.39 is 0 Å². The molecule has 1 aliphatic rings. The Morgan fingerprint density at radius 1 is 1.56 bits per heavy atom. The summed E-state index contributed by atoms with van der Waals surface area (Å²) in [6.07, 6.45) is 0.